The third-order valence-electron chi connectivity index (χ3n) is 6.40. The summed E-state index contributed by atoms with van der Waals surface area (Å²) in [6.07, 6.45) is 8.35. The molecule has 0 saturated heterocycles. The number of hydrogen-bond donors (Lipinski definition) is 1. The Morgan fingerprint density at radius 2 is 1.44 bits per heavy atom. The van der Waals surface area contributed by atoms with Crippen LogP contribution in [0.25, 0.3) is 0 Å². The lowest BCUT2D eigenvalue weighted by Crippen LogP contribution is -2.50. The number of aliphatic hydroxyl groups is 1. The van der Waals surface area contributed by atoms with Gasteiger partial charge in [-0.05, 0) is 42.7 Å². The number of terminal acetylenes is 1. The summed E-state index contributed by atoms with van der Waals surface area (Å²) in [6, 6.07) is 0. The van der Waals surface area contributed by atoms with Crippen molar-refractivity contribution in [1.82, 2.24) is 0 Å². The fraction of sp³-hybridized carbons (Fsp3) is 0.818. The van der Waals surface area contributed by atoms with Crippen molar-refractivity contribution in [2.24, 2.45) is 5.92 Å². The van der Waals surface area contributed by atoms with Gasteiger partial charge in [0.1, 0.15) is 0 Å². The summed E-state index contributed by atoms with van der Waals surface area (Å²) >= 11 is 0. The smallest absolute Gasteiger partial charge is 0.192 e. The highest BCUT2D eigenvalue weighted by Crippen LogP contribution is 2.41. The van der Waals surface area contributed by atoms with Gasteiger partial charge in [-0.1, -0.05) is 47.6 Å². The average molecular weight is 413 g/mol. The summed E-state index contributed by atoms with van der Waals surface area (Å²) in [4.78, 5) is 0. The molecule has 0 fully saturated rings. The Bertz CT molecular complexity index is 507. The van der Waals surface area contributed by atoms with E-state index >= 15 is 0 Å². The van der Waals surface area contributed by atoms with Gasteiger partial charge < -0.3 is 14.0 Å². The minimum Gasteiger partial charge on any atom is -0.413 e. The second kappa shape index (κ2) is 9.89. The topological polar surface area (TPSA) is 38.7 Å². The molecule has 0 aromatic rings. The van der Waals surface area contributed by atoms with Crippen LogP contribution in [-0.2, 0) is 8.85 Å². The minimum atomic E-state index is -2.01. The Morgan fingerprint density at radius 3 is 1.78 bits per heavy atom. The molecule has 0 spiro atoms. The summed E-state index contributed by atoms with van der Waals surface area (Å²) in [5.74, 6) is 2.78. The van der Waals surface area contributed by atoms with Crippen molar-refractivity contribution < 1.29 is 14.0 Å². The van der Waals surface area contributed by atoms with Gasteiger partial charge in [0.05, 0.1) is 12.2 Å². The lowest BCUT2D eigenvalue weighted by atomic mass is 9.91. The Balaban J connectivity index is 5.82. The molecule has 3 nitrogen and oxygen atoms in total. The second-order valence-electron chi connectivity index (χ2n) is 10.6. The van der Waals surface area contributed by atoms with Crippen LogP contribution < -0.4 is 0 Å². The first-order chi connectivity index (χ1) is 12.0. The van der Waals surface area contributed by atoms with E-state index in [4.69, 9.17) is 15.3 Å². The SMILES string of the molecule is C#CC[C@@H](O[Si](C)(C)C(C)(C)C)[C@@H](CCO)[C@H](C=C)O[Si](C)(C)C(C)(C)C. The van der Waals surface area contributed by atoms with Crippen LogP contribution in [0.5, 0.6) is 0 Å². The first kappa shape index (κ1) is 26.6. The molecule has 0 unspecified atom stereocenters. The van der Waals surface area contributed by atoms with E-state index in [0.717, 1.165) is 0 Å². The van der Waals surface area contributed by atoms with Crippen molar-refractivity contribution in [3.63, 3.8) is 0 Å². The Labute approximate surface area is 171 Å². The van der Waals surface area contributed by atoms with E-state index in [2.05, 4.69) is 80.2 Å². The molecule has 0 aliphatic rings. The number of hydrogen-bond acceptors (Lipinski definition) is 3. The summed E-state index contributed by atoms with van der Waals surface area (Å²) in [7, 11) is -4.00. The zero-order chi connectivity index (χ0) is 21.7. The molecule has 27 heavy (non-hydrogen) atoms. The maximum atomic E-state index is 9.74. The van der Waals surface area contributed by atoms with E-state index in [1.807, 2.05) is 6.08 Å². The van der Waals surface area contributed by atoms with Gasteiger partial charge in [0.2, 0.25) is 0 Å². The van der Waals surface area contributed by atoms with Crippen molar-refractivity contribution in [3.05, 3.63) is 12.7 Å². The largest absolute Gasteiger partial charge is 0.413 e. The molecule has 0 amide bonds. The maximum absolute atomic E-state index is 9.74. The summed E-state index contributed by atoms with van der Waals surface area (Å²) < 4.78 is 13.4. The molecule has 158 valence electrons. The Hall–Kier alpha value is -0.386. The van der Waals surface area contributed by atoms with Gasteiger partial charge in [0.25, 0.3) is 0 Å². The highest BCUT2D eigenvalue weighted by molar-refractivity contribution is 6.74. The Kier molecular flexibility index (Phi) is 9.75. The molecular formula is C22H44O3Si2. The third-order valence-corrected chi connectivity index (χ3v) is 15.4. The van der Waals surface area contributed by atoms with Crippen molar-refractivity contribution in [2.45, 2.75) is 103 Å². The van der Waals surface area contributed by atoms with Crippen LogP contribution in [0.2, 0.25) is 36.3 Å². The molecular weight excluding hydrogens is 368 g/mol. The van der Waals surface area contributed by atoms with Crippen molar-refractivity contribution >= 4 is 16.6 Å². The molecule has 5 heteroatoms. The van der Waals surface area contributed by atoms with Gasteiger partial charge >= 0.3 is 0 Å². The van der Waals surface area contributed by atoms with E-state index in [-0.39, 0.29) is 34.8 Å². The van der Waals surface area contributed by atoms with Crippen LogP contribution in [-0.4, -0.2) is 40.6 Å². The molecule has 0 rings (SSSR count). The number of aliphatic hydroxyl groups excluding tert-OH is 1. The molecule has 0 heterocycles. The van der Waals surface area contributed by atoms with Crippen LogP contribution in [0, 0.1) is 18.3 Å². The number of rotatable bonds is 10. The fourth-order valence-corrected chi connectivity index (χ4v) is 5.16. The van der Waals surface area contributed by atoms with E-state index in [1.54, 1.807) is 0 Å². The van der Waals surface area contributed by atoms with Gasteiger partial charge in [-0.25, -0.2) is 0 Å². The van der Waals surface area contributed by atoms with Crippen LogP contribution in [0.4, 0.5) is 0 Å². The van der Waals surface area contributed by atoms with E-state index in [9.17, 15) is 5.11 Å². The predicted molar refractivity (Wildman–Crippen MR) is 123 cm³/mol. The zero-order valence-corrected chi connectivity index (χ0v) is 21.5. The zero-order valence-electron chi connectivity index (χ0n) is 19.5. The highest BCUT2D eigenvalue weighted by atomic mass is 28.4. The predicted octanol–water partition coefficient (Wildman–Crippen LogP) is 5.98. The first-order valence-corrected chi connectivity index (χ1v) is 15.9. The van der Waals surface area contributed by atoms with Crippen molar-refractivity contribution in [1.29, 1.82) is 0 Å². The van der Waals surface area contributed by atoms with Crippen molar-refractivity contribution in [2.75, 3.05) is 6.61 Å². The molecule has 0 aromatic heterocycles. The van der Waals surface area contributed by atoms with Crippen LogP contribution in [0.3, 0.4) is 0 Å². The van der Waals surface area contributed by atoms with E-state index < -0.39 is 16.6 Å². The quantitative estimate of drug-likeness (QED) is 0.273. The Morgan fingerprint density at radius 1 is 1.00 bits per heavy atom. The standard InChI is InChI=1S/C22H44O3Si2/c1-13-15-20(25-27(11,12)22(6,7)8)18(16-17-23)19(14-2)24-26(9,10)21(3,4)5/h1,14,18-20,23H,2,15-17H2,3-12H3/t18-,19-,20+/m0/s1. The summed E-state index contributed by atoms with van der Waals surface area (Å²) in [5, 5.41) is 9.93. The molecule has 1 N–H and O–H groups in total. The molecule has 0 aliphatic carbocycles. The summed E-state index contributed by atoms with van der Waals surface area (Å²) in [6.45, 7) is 26.4. The second-order valence-corrected chi connectivity index (χ2v) is 20.1. The minimum absolute atomic E-state index is 0.00759. The first-order valence-electron chi connectivity index (χ1n) is 10.1. The molecule has 3 atom stereocenters. The molecule has 0 aromatic carbocycles. The average Bonchev–Trinajstić information content (AvgIpc) is 2.47. The van der Waals surface area contributed by atoms with Gasteiger partial charge in [-0.3, -0.25) is 0 Å². The molecule has 0 radical (unpaired) electrons. The van der Waals surface area contributed by atoms with E-state index in [0.29, 0.717) is 12.8 Å². The van der Waals surface area contributed by atoms with Gasteiger partial charge in [-0.2, -0.15) is 0 Å². The van der Waals surface area contributed by atoms with Crippen molar-refractivity contribution in [3.8, 4) is 12.3 Å². The van der Waals surface area contributed by atoms with Gasteiger partial charge in [0.15, 0.2) is 16.6 Å². The lowest BCUT2D eigenvalue weighted by Gasteiger charge is -2.45. The maximum Gasteiger partial charge on any atom is 0.192 e. The van der Waals surface area contributed by atoms with Gasteiger partial charge in [0, 0.05) is 18.9 Å². The fourth-order valence-electron chi connectivity index (χ4n) is 2.49. The third kappa shape index (κ3) is 7.51. The van der Waals surface area contributed by atoms with E-state index in [1.165, 1.54) is 0 Å². The molecule has 0 bridgehead atoms. The van der Waals surface area contributed by atoms with Crippen LogP contribution in [0.15, 0.2) is 12.7 Å². The highest BCUT2D eigenvalue weighted by Gasteiger charge is 2.44. The molecule has 0 saturated carbocycles. The normalized spacial score (nSPS) is 17.1. The van der Waals surface area contributed by atoms with Crippen LogP contribution >= 0.6 is 0 Å². The molecule has 0 aliphatic heterocycles. The van der Waals surface area contributed by atoms with Crippen LogP contribution in [0.1, 0.15) is 54.4 Å². The lowest BCUT2D eigenvalue weighted by molar-refractivity contribution is 0.0358. The monoisotopic (exact) mass is 412 g/mol. The van der Waals surface area contributed by atoms with Gasteiger partial charge in [-0.15, -0.1) is 18.9 Å². The summed E-state index contributed by atoms with van der Waals surface area (Å²) in [5.41, 5.74) is 0.